The maximum absolute atomic E-state index is 11.4. The first-order valence-electron chi connectivity index (χ1n) is 6.41. The van der Waals surface area contributed by atoms with Gasteiger partial charge in [-0.05, 0) is 38.1 Å². The van der Waals surface area contributed by atoms with Gasteiger partial charge in [0.15, 0.2) is 15.9 Å². The fourth-order valence-electron chi connectivity index (χ4n) is 1.66. The molecule has 0 spiro atoms. The number of thioether (sulfide) groups is 1. The first kappa shape index (κ1) is 16.4. The van der Waals surface area contributed by atoms with E-state index in [0.29, 0.717) is 9.47 Å². The Kier molecular flexibility index (Phi) is 5.51. The summed E-state index contributed by atoms with van der Waals surface area (Å²) < 4.78 is 5.67. The molecular weight excluding hydrogens is 322 g/mol. The highest BCUT2D eigenvalue weighted by molar-refractivity contribution is 8.03. The van der Waals surface area contributed by atoms with Crippen molar-refractivity contribution in [3.63, 3.8) is 0 Å². The highest BCUT2D eigenvalue weighted by Crippen LogP contribution is 2.31. The van der Waals surface area contributed by atoms with Crippen LogP contribution in [0, 0.1) is 0 Å². The van der Waals surface area contributed by atoms with Gasteiger partial charge in [0, 0.05) is 5.69 Å². The number of anilines is 2. The Hall–Kier alpha value is -1.93. The van der Waals surface area contributed by atoms with Gasteiger partial charge in [0.05, 0.1) is 7.11 Å². The molecule has 0 bridgehead atoms. The van der Waals surface area contributed by atoms with Gasteiger partial charge in [0.2, 0.25) is 5.13 Å². The van der Waals surface area contributed by atoms with E-state index in [0.717, 1.165) is 23.2 Å². The highest BCUT2D eigenvalue weighted by atomic mass is 32.2. The Morgan fingerprint density at radius 1 is 1.18 bits per heavy atom. The smallest absolute Gasteiger partial charge is 0.210 e. The van der Waals surface area contributed by atoms with Gasteiger partial charge in [-0.25, -0.2) is 0 Å². The van der Waals surface area contributed by atoms with Gasteiger partial charge in [0.1, 0.15) is 11.0 Å². The third kappa shape index (κ3) is 4.28. The molecule has 0 amide bonds. The molecule has 0 saturated carbocycles. The lowest BCUT2D eigenvalue weighted by Crippen LogP contribution is -2.21. The lowest BCUT2D eigenvalue weighted by atomic mass is 10.2. The summed E-state index contributed by atoms with van der Waals surface area (Å²) in [7, 11) is 1.61. The van der Waals surface area contributed by atoms with Crippen LogP contribution in [0.1, 0.15) is 13.8 Å². The van der Waals surface area contributed by atoms with E-state index >= 15 is 0 Å². The fraction of sp³-hybridized carbons (Fsp3) is 0.286. The molecule has 0 aliphatic rings. The number of Topliss-reactive ketones (excluding diaryl/α,β-unsaturated/α-hetero) is 2. The molecule has 0 saturated heterocycles. The van der Waals surface area contributed by atoms with Crippen LogP contribution in [0.15, 0.2) is 28.6 Å². The van der Waals surface area contributed by atoms with Crippen LogP contribution in [0.4, 0.5) is 10.8 Å². The fourth-order valence-corrected chi connectivity index (χ4v) is 3.50. The van der Waals surface area contributed by atoms with Crippen molar-refractivity contribution in [2.45, 2.75) is 23.4 Å². The van der Waals surface area contributed by atoms with E-state index in [9.17, 15) is 9.59 Å². The van der Waals surface area contributed by atoms with Crippen LogP contribution >= 0.6 is 23.1 Å². The lowest BCUT2D eigenvalue weighted by Gasteiger charge is -2.06. The summed E-state index contributed by atoms with van der Waals surface area (Å²) in [6, 6.07) is 7.39. The first-order chi connectivity index (χ1) is 10.5. The Morgan fingerprint density at radius 2 is 1.82 bits per heavy atom. The third-order valence-electron chi connectivity index (χ3n) is 2.70. The van der Waals surface area contributed by atoms with Gasteiger partial charge in [-0.2, -0.15) is 0 Å². The average Bonchev–Trinajstić information content (AvgIpc) is 2.92. The van der Waals surface area contributed by atoms with Crippen LogP contribution < -0.4 is 10.1 Å². The van der Waals surface area contributed by atoms with Crippen LogP contribution in [0.3, 0.4) is 0 Å². The van der Waals surface area contributed by atoms with Crippen molar-refractivity contribution in [3.8, 4) is 5.75 Å². The van der Waals surface area contributed by atoms with Gasteiger partial charge >= 0.3 is 0 Å². The Balaban J connectivity index is 2.04. The molecule has 22 heavy (non-hydrogen) atoms. The van der Waals surface area contributed by atoms with E-state index in [1.54, 1.807) is 7.11 Å². The Labute approximate surface area is 136 Å². The molecule has 0 atom stereocenters. The predicted molar refractivity (Wildman–Crippen MR) is 87.2 cm³/mol. The van der Waals surface area contributed by atoms with Gasteiger partial charge in [-0.15, -0.1) is 10.2 Å². The van der Waals surface area contributed by atoms with Crippen molar-refractivity contribution >= 4 is 45.5 Å². The number of ketones is 2. The van der Waals surface area contributed by atoms with E-state index in [4.69, 9.17) is 4.74 Å². The van der Waals surface area contributed by atoms with Crippen molar-refractivity contribution in [1.82, 2.24) is 10.2 Å². The third-order valence-corrected chi connectivity index (χ3v) is 5.06. The van der Waals surface area contributed by atoms with Crippen molar-refractivity contribution in [3.05, 3.63) is 24.3 Å². The number of hydrogen-bond acceptors (Lipinski definition) is 8. The van der Waals surface area contributed by atoms with Gasteiger partial charge < -0.3 is 10.1 Å². The molecule has 8 heteroatoms. The second-order valence-corrected chi connectivity index (χ2v) is 6.78. The summed E-state index contributed by atoms with van der Waals surface area (Å²) in [6.07, 6.45) is 0. The molecule has 0 aliphatic carbocycles. The van der Waals surface area contributed by atoms with Crippen molar-refractivity contribution in [2.75, 3.05) is 12.4 Å². The maximum Gasteiger partial charge on any atom is 0.210 e. The number of carbonyl (C=O) groups excluding carboxylic acids is 2. The molecule has 0 unspecified atom stereocenters. The number of aromatic nitrogens is 2. The summed E-state index contributed by atoms with van der Waals surface area (Å²) in [5, 5.41) is 11.0. The zero-order valence-electron chi connectivity index (χ0n) is 12.3. The topological polar surface area (TPSA) is 81.2 Å². The van der Waals surface area contributed by atoms with Crippen LogP contribution in [-0.2, 0) is 9.59 Å². The van der Waals surface area contributed by atoms with E-state index in [-0.39, 0.29) is 11.6 Å². The molecule has 0 radical (unpaired) electrons. The van der Waals surface area contributed by atoms with Gasteiger partial charge in [0.25, 0.3) is 0 Å². The number of hydrogen-bond donors (Lipinski definition) is 1. The Morgan fingerprint density at radius 3 is 2.36 bits per heavy atom. The molecule has 6 nitrogen and oxygen atoms in total. The molecular formula is C14H15N3O3S2. The lowest BCUT2D eigenvalue weighted by molar-refractivity contribution is -0.123. The molecule has 0 aliphatic heterocycles. The summed E-state index contributed by atoms with van der Waals surface area (Å²) in [5.74, 6) is 0.402. The normalized spacial score (nSPS) is 10.5. The molecule has 2 rings (SSSR count). The highest BCUT2D eigenvalue weighted by Gasteiger charge is 2.22. The minimum absolute atomic E-state index is 0.183. The standard InChI is InChI=1S/C14H15N3O3S2/c1-8(18)12(9(2)19)21-14-17-16-13(22-14)15-10-4-6-11(20-3)7-5-10/h4-7,12H,1-3H3,(H,15,16). The molecule has 1 aromatic carbocycles. The molecule has 1 heterocycles. The van der Waals surface area contributed by atoms with E-state index in [1.165, 1.54) is 25.2 Å². The van der Waals surface area contributed by atoms with Gasteiger partial charge in [-0.3, -0.25) is 9.59 Å². The summed E-state index contributed by atoms with van der Waals surface area (Å²) in [4.78, 5) is 22.9. The van der Waals surface area contributed by atoms with Crippen LogP contribution in [-0.4, -0.2) is 34.1 Å². The second kappa shape index (κ2) is 7.37. The number of ether oxygens (including phenoxy) is 1. The number of nitrogens with one attached hydrogen (secondary N) is 1. The first-order valence-corrected chi connectivity index (χ1v) is 8.11. The summed E-state index contributed by atoms with van der Waals surface area (Å²) in [5.41, 5.74) is 0.850. The second-order valence-electron chi connectivity index (χ2n) is 4.45. The zero-order valence-corrected chi connectivity index (χ0v) is 14.0. The minimum Gasteiger partial charge on any atom is -0.497 e. The average molecular weight is 337 g/mol. The van der Waals surface area contributed by atoms with Crippen molar-refractivity contribution < 1.29 is 14.3 Å². The summed E-state index contributed by atoms with van der Waals surface area (Å²) >= 11 is 2.42. The van der Waals surface area contributed by atoms with Crippen molar-refractivity contribution in [2.24, 2.45) is 0 Å². The van der Waals surface area contributed by atoms with E-state index in [2.05, 4.69) is 15.5 Å². The van der Waals surface area contributed by atoms with Gasteiger partial charge in [-0.1, -0.05) is 23.1 Å². The number of nitrogens with zero attached hydrogens (tertiary/aromatic N) is 2. The van der Waals surface area contributed by atoms with E-state index in [1.807, 2.05) is 24.3 Å². The monoisotopic (exact) mass is 337 g/mol. The number of rotatable bonds is 7. The quantitative estimate of drug-likeness (QED) is 0.614. The maximum atomic E-state index is 11.4. The molecule has 1 aromatic heterocycles. The van der Waals surface area contributed by atoms with E-state index < -0.39 is 5.25 Å². The SMILES string of the molecule is COc1ccc(Nc2nnc(SC(C(C)=O)C(C)=O)s2)cc1. The molecule has 0 fully saturated rings. The number of carbonyl (C=O) groups is 2. The number of benzene rings is 1. The molecule has 2 aromatic rings. The van der Waals surface area contributed by atoms with Crippen LogP contribution in [0.2, 0.25) is 0 Å². The van der Waals surface area contributed by atoms with Crippen LogP contribution in [0.5, 0.6) is 5.75 Å². The zero-order chi connectivity index (χ0) is 16.1. The summed E-state index contributed by atoms with van der Waals surface area (Å²) in [6.45, 7) is 2.80. The van der Waals surface area contributed by atoms with Crippen LogP contribution in [0.25, 0.3) is 0 Å². The number of methoxy groups -OCH3 is 1. The predicted octanol–water partition coefficient (Wildman–Crippen LogP) is 2.93. The molecule has 1 N–H and O–H groups in total. The van der Waals surface area contributed by atoms with Crippen molar-refractivity contribution in [1.29, 1.82) is 0 Å². The largest absolute Gasteiger partial charge is 0.497 e. The minimum atomic E-state index is -0.721. The Bertz CT molecular complexity index is 656. The molecule has 116 valence electrons.